The van der Waals surface area contributed by atoms with E-state index in [0.717, 1.165) is 17.5 Å². The second kappa shape index (κ2) is 9.31. The second-order valence-corrected chi connectivity index (χ2v) is 7.49. The average molecular weight is 448 g/mol. The number of carbonyl (C=O) groups is 1. The number of methoxy groups -OCH3 is 1. The van der Waals surface area contributed by atoms with Crippen LogP contribution in [0.15, 0.2) is 76.8 Å². The largest absolute Gasteiger partial charge is 0.497 e. The molecule has 3 aromatic rings. The number of hydrogen-bond donors (Lipinski definition) is 1. The Morgan fingerprint density at radius 2 is 1.78 bits per heavy atom. The van der Waals surface area contributed by atoms with Crippen LogP contribution in [0.3, 0.4) is 0 Å². The van der Waals surface area contributed by atoms with Crippen molar-refractivity contribution in [2.45, 2.75) is 0 Å². The number of thioether (sulfide) groups is 1. The first-order chi connectivity index (χ1) is 15.5. The van der Waals surface area contributed by atoms with E-state index in [-0.39, 0.29) is 17.5 Å². The molecule has 0 unspecified atom stereocenters. The van der Waals surface area contributed by atoms with Gasteiger partial charge >= 0.3 is 0 Å². The molecule has 2 aromatic carbocycles. The van der Waals surface area contributed by atoms with Crippen molar-refractivity contribution in [1.29, 1.82) is 0 Å². The Kier molecular flexibility index (Phi) is 6.13. The molecule has 0 atom stereocenters. The summed E-state index contributed by atoms with van der Waals surface area (Å²) in [6.45, 7) is 0. The standard InChI is InChI=1S/C22H16N4O5S/c1-30-17-9-4-15(5-10-17)24-22-25-21(27)19(32-22)12-14-2-7-18(8-3-14)31-20-11-6-16(13-23-20)26(28)29/h2-13H,1H3,(H,24,25,27)/b19-12-. The van der Waals surface area contributed by atoms with E-state index in [0.29, 0.717) is 21.5 Å². The maximum atomic E-state index is 12.3. The molecule has 1 amide bonds. The molecule has 1 N–H and O–H groups in total. The molecular weight excluding hydrogens is 432 g/mol. The van der Waals surface area contributed by atoms with E-state index in [4.69, 9.17) is 9.47 Å². The number of aromatic nitrogens is 1. The number of ether oxygens (including phenoxy) is 2. The molecule has 1 aliphatic heterocycles. The number of nitrogens with zero attached hydrogens (tertiary/aromatic N) is 3. The number of hydrogen-bond acceptors (Lipinski definition) is 8. The molecule has 1 saturated heterocycles. The zero-order valence-electron chi connectivity index (χ0n) is 16.7. The third kappa shape index (κ3) is 5.10. The highest BCUT2D eigenvalue weighted by Gasteiger charge is 2.23. The van der Waals surface area contributed by atoms with Crippen LogP contribution in [0.25, 0.3) is 6.08 Å². The SMILES string of the molecule is COc1ccc(N=C2NC(=O)/C(=C/c3ccc(Oc4ccc([N+](=O)[O-])cn4)cc3)S2)cc1. The Balaban J connectivity index is 1.42. The summed E-state index contributed by atoms with van der Waals surface area (Å²) in [5, 5.41) is 13.9. The summed E-state index contributed by atoms with van der Waals surface area (Å²) in [7, 11) is 1.59. The van der Waals surface area contributed by atoms with Crippen molar-refractivity contribution in [3.05, 3.63) is 87.4 Å². The predicted octanol–water partition coefficient (Wildman–Crippen LogP) is 4.68. The highest BCUT2D eigenvalue weighted by atomic mass is 32.2. The number of aliphatic imine (C=N–C) groups is 1. The lowest BCUT2D eigenvalue weighted by atomic mass is 10.2. The van der Waals surface area contributed by atoms with E-state index < -0.39 is 4.92 Å². The average Bonchev–Trinajstić information content (AvgIpc) is 3.14. The van der Waals surface area contributed by atoms with Crippen molar-refractivity contribution in [3.8, 4) is 17.4 Å². The van der Waals surface area contributed by atoms with Crippen LogP contribution in [0.1, 0.15) is 5.56 Å². The van der Waals surface area contributed by atoms with E-state index >= 15 is 0 Å². The van der Waals surface area contributed by atoms with Gasteiger partial charge in [-0.25, -0.2) is 9.98 Å². The molecule has 4 rings (SSSR count). The van der Waals surface area contributed by atoms with E-state index in [1.54, 1.807) is 61.7 Å². The number of carbonyl (C=O) groups excluding carboxylic acids is 1. The van der Waals surface area contributed by atoms with Gasteiger partial charge in [-0.15, -0.1) is 0 Å². The minimum absolute atomic E-state index is 0.110. The summed E-state index contributed by atoms with van der Waals surface area (Å²) in [6.07, 6.45) is 2.89. The molecule has 1 aromatic heterocycles. The fourth-order valence-electron chi connectivity index (χ4n) is 2.70. The number of pyridine rings is 1. The molecule has 0 aliphatic carbocycles. The topological polar surface area (TPSA) is 116 Å². The van der Waals surface area contributed by atoms with Gasteiger partial charge in [0.05, 0.1) is 22.6 Å². The molecule has 0 radical (unpaired) electrons. The number of nitrogens with one attached hydrogen (secondary N) is 1. The van der Waals surface area contributed by atoms with Crippen LogP contribution in [0.5, 0.6) is 17.4 Å². The number of amidine groups is 1. The van der Waals surface area contributed by atoms with Gasteiger partial charge in [0.2, 0.25) is 5.88 Å². The summed E-state index contributed by atoms with van der Waals surface area (Å²) in [5.41, 5.74) is 1.40. The van der Waals surface area contributed by atoms with Gasteiger partial charge in [-0.1, -0.05) is 12.1 Å². The van der Waals surface area contributed by atoms with Crippen LogP contribution in [0, 0.1) is 10.1 Å². The molecule has 1 fully saturated rings. The van der Waals surface area contributed by atoms with Crippen LogP contribution in [-0.2, 0) is 4.79 Å². The fourth-order valence-corrected chi connectivity index (χ4v) is 3.54. The lowest BCUT2D eigenvalue weighted by molar-refractivity contribution is -0.385. The van der Waals surface area contributed by atoms with Crippen LogP contribution < -0.4 is 14.8 Å². The predicted molar refractivity (Wildman–Crippen MR) is 121 cm³/mol. The van der Waals surface area contributed by atoms with Gasteiger partial charge in [-0.05, 0) is 59.8 Å². The van der Waals surface area contributed by atoms with Crippen molar-refractivity contribution < 1.29 is 19.2 Å². The summed E-state index contributed by atoms with van der Waals surface area (Å²) in [6, 6.07) is 17.0. The summed E-state index contributed by atoms with van der Waals surface area (Å²) in [4.78, 5) is 31.3. The number of benzene rings is 2. The van der Waals surface area contributed by atoms with Crippen molar-refractivity contribution in [3.63, 3.8) is 0 Å². The van der Waals surface area contributed by atoms with Gasteiger partial charge in [0, 0.05) is 12.1 Å². The van der Waals surface area contributed by atoms with Crippen molar-refractivity contribution >= 4 is 40.3 Å². The fraction of sp³-hybridized carbons (Fsp3) is 0.0455. The smallest absolute Gasteiger partial charge is 0.287 e. The van der Waals surface area contributed by atoms with E-state index in [1.807, 2.05) is 0 Å². The van der Waals surface area contributed by atoms with Crippen molar-refractivity contribution in [2.24, 2.45) is 4.99 Å². The minimum Gasteiger partial charge on any atom is -0.497 e. The third-order valence-corrected chi connectivity index (χ3v) is 5.20. The first kappa shape index (κ1) is 21.1. The molecule has 2 heterocycles. The molecular formula is C22H16N4O5S. The third-order valence-electron chi connectivity index (χ3n) is 4.29. The maximum absolute atomic E-state index is 12.3. The first-order valence-electron chi connectivity index (χ1n) is 9.32. The van der Waals surface area contributed by atoms with Crippen LogP contribution >= 0.6 is 11.8 Å². The van der Waals surface area contributed by atoms with E-state index in [9.17, 15) is 14.9 Å². The Bertz CT molecular complexity index is 1210. The van der Waals surface area contributed by atoms with Crippen LogP contribution in [0.4, 0.5) is 11.4 Å². The molecule has 160 valence electrons. The van der Waals surface area contributed by atoms with Gasteiger partial charge in [0.1, 0.15) is 17.7 Å². The van der Waals surface area contributed by atoms with Gasteiger partial charge < -0.3 is 14.8 Å². The summed E-state index contributed by atoms with van der Waals surface area (Å²) < 4.78 is 10.7. The van der Waals surface area contributed by atoms with Gasteiger partial charge in [0.15, 0.2) is 5.17 Å². The molecule has 0 saturated carbocycles. The number of rotatable bonds is 6. The van der Waals surface area contributed by atoms with Crippen molar-refractivity contribution in [2.75, 3.05) is 7.11 Å². The van der Waals surface area contributed by atoms with E-state index in [1.165, 1.54) is 23.9 Å². The number of nitro groups is 1. The molecule has 9 nitrogen and oxygen atoms in total. The molecule has 32 heavy (non-hydrogen) atoms. The van der Waals surface area contributed by atoms with Gasteiger partial charge in [-0.3, -0.25) is 14.9 Å². The minimum atomic E-state index is -0.524. The van der Waals surface area contributed by atoms with Crippen LogP contribution in [-0.4, -0.2) is 28.1 Å². The maximum Gasteiger partial charge on any atom is 0.287 e. The Morgan fingerprint density at radius 1 is 1.06 bits per heavy atom. The van der Waals surface area contributed by atoms with Crippen molar-refractivity contribution in [1.82, 2.24) is 10.3 Å². The lowest BCUT2D eigenvalue weighted by Crippen LogP contribution is -2.19. The van der Waals surface area contributed by atoms with Gasteiger partial charge in [0.25, 0.3) is 11.6 Å². The molecule has 10 heteroatoms. The highest BCUT2D eigenvalue weighted by Crippen LogP contribution is 2.29. The first-order valence-corrected chi connectivity index (χ1v) is 10.1. The Hall–Kier alpha value is -4.18. The quantitative estimate of drug-likeness (QED) is 0.331. The molecule has 1 aliphatic rings. The second-order valence-electron chi connectivity index (χ2n) is 6.46. The molecule has 0 spiro atoms. The summed E-state index contributed by atoms with van der Waals surface area (Å²) >= 11 is 1.25. The zero-order valence-corrected chi connectivity index (χ0v) is 17.5. The normalized spacial score (nSPS) is 15.6. The monoisotopic (exact) mass is 448 g/mol. The van der Waals surface area contributed by atoms with Gasteiger partial charge in [-0.2, -0.15) is 0 Å². The molecule has 0 bridgehead atoms. The Labute approximate surface area is 187 Å². The zero-order chi connectivity index (χ0) is 22.5. The van der Waals surface area contributed by atoms with E-state index in [2.05, 4.69) is 15.3 Å². The van der Waals surface area contributed by atoms with Crippen LogP contribution in [0.2, 0.25) is 0 Å². The summed E-state index contributed by atoms with van der Waals surface area (Å²) in [5.74, 6) is 1.26. The lowest BCUT2D eigenvalue weighted by Gasteiger charge is -2.04. The number of amides is 1. The Morgan fingerprint density at radius 3 is 2.41 bits per heavy atom. The highest BCUT2D eigenvalue weighted by molar-refractivity contribution is 8.18.